The number of rotatable bonds is 6. The highest BCUT2D eigenvalue weighted by Crippen LogP contribution is 2.30. The van der Waals surface area contributed by atoms with Crippen LogP contribution < -0.4 is 0 Å². The number of carbonyl (C=O) groups is 2. The fourth-order valence-electron chi connectivity index (χ4n) is 2.98. The number of aryl methyl sites for hydroxylation is 1. The van der Waals surface area contributed by atoms with Crippen molar-refractivity contribution in [2.45, 2.75) is 19.4 Å². The number of nitrogens with zero attached hydrogens (tertiary/aromatic N) is 2. The molecule has 1 aromatic carbocycles. The molecule has 0 bridgehead atoms. The van der Waals surface area contributed by atoms with Crippen LogP contribution in [0.4, 0.5) is 0 Å². The molecule has 1 saturated heterocycles. The number of aromatic nitrogens is 2. The van der Waals surface area contributed by atoms with Crippen LogP contribution in [0.25, 0.3) is 6.08 Å². The van der Waals surface area contributed by atoms with Crippen LogP contribution in [0.1, 0.15) is 34.1 Å². The molecule has 3 rings (SSSR count). The largest absolute Gasteiger partial charge is 0.454 e. The molecule has 0 amide bonds. The van der Waals surface area contributed by atoms with Crippen molar-refractivity contribution in [2.24, 2.45) is 0 Å². The van der Waals surface area contributed by atoms with Crippen molar-refractivity contribution in [3.8, 4) is 0 Å². The Morgan fingerprint density at radius 3 is 2.68 bits per heavy atom. The van der Waals surface area contributed by atoms with Crippen LogP contribution in [0.3, 0.4) is 0 Å². The van der Waals surface area contributed by atoms with E-state index in [4.69, 9.17) is 16.3 Å². The molecule has 1 fully saturated rings. The standard InChI is InChI=1S/C19H19ClN2O5S/c1-13-16(19(20)22(21-13)15-9-10-28(25,26)12-15)7-8-18(24)27-11-17(23)14-5-3-2-4-6-14/h2-8,15H,9-12H2,1H3/b8-7+/t15-/m0/s1. The Kier molecular flexibility index (Phi) is 6.00. The smallest absolute Gasteiger partial charge is 0.331 e. The Hall–Kier alpha value is -2.45. The van der Waals surface area contributed by atoms with E-state index in [0.717, 1.165) is 0 Å². The van der Waals surface area contributed by atoms with Gasteiger partial charge in [0.05, 0.1) is 23.2 Å². The number of ketones is 1. The van der Waals surface area contributed by atoms with E-state index in [2.05, 4.69) is 5.10 Å². The summed E-state index contributed by atoms with van der Waals surface area (Å²) in [5.74, 6) is -0.872. The lowest BCUT2D eigenvalue weighted by atomic mass is 10.1. The summed E-state index contributed by atoms with van der Waals surface area (Å²) >= 11 is 6.34. The van der Waals surface area contributed by atoms with Gasteiger partial charge in [0.2, 0.25) is 0 Å². The number of hydrogen-bond acceptors (Lipinski definition) is 6. The summed E-state index contributed by atoms with van der Waals surface area (Å²) < 4.78 is 29.8. The average Bonchev–Trinajstić information content (AvgIpc) is 3.17. The summed E-state index contributed by atoms with van der Waals surface area (Å²) in [7, 11) is -3.07. The van der Waals surface area contributed by atoms with Crippen molar-refractivity contribution >= 4 is 39.3 Å². The van der Waals surface area contributed by atoms with Gasteiger partial charge in [0.25, 0.3) is 0 Å². The third kappa shape index (κ3) is 4.69. The highest BCUT2D eigenvalue weighted by molar-refractivity contribution is 7.91. The molecule has 1 atom stereocenters. The van der Waals surface area contributed by atoms with E-state index in [-0.39, 0.29) is 35.1 Å². The first-order valence-electron chi connectivity index (χ1n) is 8.65. The maximum atomic E-state index is 11.9. The molecule has 9 heteroatoms. The lowest BCUT2D eigenvalue weighted by Gasteiger charge is -2.09. The maximum Gasteiger partial charge on any atom is 0.331 e. The van der Waals surface area contributed by atoms with Gasteiger partial charge in [-0.1, -0.05) is 41.9 Å². The van der Waals surface area contributed by atoms with Crippen molar-refractivity contribution in [3.63, 3.8) is 0 Å². The fraction of sp³-hybridized carbons (Fsp3) is 0.316. The summed E-state index contributed by atoms with van der Waals surface area (Å²) in [6, 6.07) is 8.23. The van der Waals surface area contributed by atoms with Crippen LogP contribution in [0.15, 0.2) is 36.4 Å². The monoisotopic (exact) mass is 422 g/mol. The SMILES string of the molecule is Cc1nn([C@H]2CCS(=O)(=O)C2)c(Cl)c1/C=C/C(=O)OCC(=O)c1ccccc1. The minimum Gasteiger partial charge on any atom is -0.454 e. The molecular formula is C19H19ClN2O5S. The topological polar surface area (TPSA) is 95.3 Å². The van der Waals surface area contributed by atoms with Crippen molar-refractivity contribution in [1.29, 1.82) is 0 Å². The summed E-state index contributed by atoms with van der Waals surface area (Å²) in [6.45, 7) is 1.36. The molecule has 1 aromatic heterocycles. The average molecular weight is 423 g/mol. The van der Waals surface area contributed by atoms with Crippen molar-refractivity contribution in [3.05, 3.63) is 58.4 Å². The Morgan fingerprint density at radius 2 is 2.04 bits per heavy atom. The second kappa shape index (κ2) is 8.28. The van der Waals surface area contributed by atoms with Crippen molar-refractivity contribution in [2.75, 3.05) is 18.1 Å². The van der Waals surface area contributed by atoms with Gasteiger partial charge in [-0.25, -0.2) is 17.9 Å². The molecule has 7 nitrogen and oxygen atoms in total. The number of benzene rings is 1. The zero-order chi connectivity index (χ0) is 20.3. The number of carbonyl (C=O) groups excluding carboxylic acids is 2. The Bertz CT molecular complexity index is 1030. The first kappa shape index (κ1) is 20.3. The highest BCUT2D eigenvalue weighted by Gasteiger charge is 2.31. The summed E-state index contributed by atoms with van der Waals surface area (Å²) in [6.07, 6.45) is 3.08. The Morgan fingerprint density at radius 1 is 1.32 bits per heavy atom. The van der Waals surface area contributed by atoms with Crippen LogP contribution in [0.5, 0.6) is 0 Å². The minimum absolute atomic E-state index is 0.000628. The van der Waals surface area contributed by atoms with E-state index in [0.29, 0.717) is 23.2 Å². The third-order valence-electron chi connectivity index (χ3n) is 4.45. The molecule has 2 aromatic rings. The van der Waals surface area contributed by atoms with Crippen LogP contribution in [0.2, 0.25) is 5.15 Å². The van der Waals surface area contributed by atoms with E-state index in [9.17, 15) is 18.0 Å². The second-order valence-corrected chi connectivity index (χ2v) is 9.11. The number of ether oxygens (including phenoxy) is 1. The van der Waals surface area contributed by atoms with Gasteiger partial charge in [-0.3, -0.25) is 4.79 Å². The first-order chi connectivity index (χ1) is 13.3. The van der Waals surface area contributed by atoms with Gasteiger partial charge < -0.3 is 4.74 Å². The Balaban J connectivity index is 1.64. The van der Waals surface area contributed by atoms with Crippen LogP contribution >= 0.6 is 11.6 Å². The number of sulfone groups is 1. The number of hydrogen-bond donors (Lipinski definition) is 0. The van der Waals surface area contributed by atoms with Crippen LogP contribution in [0, 0.1) is 6.92 Å². The van der Waals surface area contributed by atoms with Gasteiger partial charge in [0, 0.05) is 17.2 Å². The van der Waals surface area contributed by atoms with E-state index in [1.807, 2.05) is 0 Å². The third-order valence-corrected chi connectivity index (χ3v) is 6.58. The second-order valence-electron chi connectivity index (χ2n) is 6.52. The highest BCUT2D eigenvalue weighted by atomic mass is 35.5. The number of esters is 1. The molecule has 0 N–H and O–H groups in total. The predicted molar refractivity (Wildman–Crippen MR) is 105 cm³/mol. The summed E-state index contributed by atoms with van der Waals surface area (Å²) in [5, 5.41) is 4.58. The molecule has 2 heterocycles. The van der Waals surface area contributed by atoms with Crippen molar-refractivity contribution in [1.82, 2.24) is 9.78 Å². The molecule has 1 aliphatic rings. The van der Waals surface area contributed by atoms with E-state index >= 15 is 0 Å². The van der Waals surface area contributed by atoms with Crippen LogP contribution in [-0.2, 0) is 19.4 Å². The predicted octanol–water partition coefficient (Wildman–Crippen LogP) is 2.64. The molecule has 148 valence electrons. The fourth-order valence-corrected chi connectivity index (χ4v) is 5.04. The molecule has 0 saturated carbocycles. The Labute approximate surface area is 167 Å². The molecule has 0 unspecified atom stereocenters. The molecule has 0 radical (unpaired) electrons. The van der Waals surface area contributed by atoms with Gasteiger partial charge in [-0.15, -0.1) is 0 Å². The number of Topliss-reactive ketones (excluding diaryl/α,β-unsaturated/α-hetero) is 1. The minimum atomic E-state index is -3.07. The molecule has 28 heavy (non-hydrogen) atoms. The molecule has 0 spiro atoms. The van der Waals surface area contributed by atoms with E-state index in [1.54, 1.807) is 37.3 Å². The van der Waals surface area contributed by atoms with Gasteiger partial charge in [0.1, 0.15) is 5.15 Å². The lowest BCUT2D eigenvalue weighted by Crippen LogP contribution is -2.12. The molecule has 1 aliphatic heterocycles. The quantitative estimate of drug-likeness (QED) is 0.403. The zero-order valence-electron chi connectivity index (χ0n) is 15.2. The summed E-state index contributed by atoms with van der Waals surface area (Å²) in [4.78, 5) is 23.9. The maximum absolute atomic E-state index is 11.9. The number of halogens is 1. The summed E-state index contributed by atoms with van der Waals surface area (Å²) in [5.41, 5.74) is 1.54. The molecule has 0 aliphatic carbocycles. The van der Waals surface area contributed by atoms with Crippen LogP contribution in [-0.4, -0.2) is 48.1 Å². The van der Waals surface area contributed by atoms with E-state index in [1.165, 1.54) is 16.8 Å². The van der Waals surface area contributed by atoms with Gasteiger partial charge in [0.15, 0.2) is 22.2 Å². The van der Waals surface area contributed by atoms with Gasteiger partial charge in [-0.05, 0) is 19.4 Å². The van der Waals surface area contributed by atoms with E-state index < -0.39 is 15.8 Å². The lowest BCUT2D eigenvalue weighted by molar-refractivity contribution is -0.136. The van der Waals surface area contributed by atoms with Gasteiger partial charge >= 0.3 is 5.97 Å². The zero-order valence-corrected chi connectivity index (χ0v) is 16.7. The van der Waals surface area contributed by atoms with Gasteiger partial charge in [-0.2, -0.15) is 5.10 Å². The van der Waals surface area contributed by atoms with Crippen molar-refractivity contribution < 1.29 is 22.7 Å². The molecular weight excluding hydrogens is 404 g/mol. The normalized spacial score (nSPS) is 18.4. The first-order valence-corrected chi connectivity index (χ1v) is 10.8.